The van der Waals surface area contributed by atoms with E-state index in [0.717, 1.165) is 12.1 Å². The molecular weight excluding hydrogens is 276 g/mol. The summed E-state index contributed by atoms with van der Waals surface area (Å²) in [5.41, 5.74) is 0.119. The SMILES string of the molecule is OC[C@H]1O[C@@H](Nc2ccc(F)c(F)c2)[C@H](O)[C@@H](O)[C@H]1O. The van der Waals surface area contributed by atoms with Crippen LogP contribution in [0, 0.1) is 11.6 Å². The molecule has 0 radical (unpaired) electrons. The molecule has 1 fully saturated rings. The van der Waals surface area contributed by atoms with Crippen molar-refractivity contribution in [3.8, 4) is 0 Å². The van der Waals surface area contributed by atoms with Crippen molar-refractivity contribution in [1.82, 2.24) is 0 Å². The van der Waals surface area contributed by atoms with Gasteiger partial charge in [0.2, 0.25) is 0 Å². The lowest BCUT2D eigenvalue weighted by molar-refractivity contribution is -0.221. The first-order valence-electron chi connectivity index (χ1n) is 5.96. The quantitative estimate of drug-likeness (QED) is 0.498. The van der Waals surface area contributed by atoms with E-state index < -0.39 is 48.9 Å². The molecule has 0 bridgehead atoms. The van der Waals surface area contributed by atoms with Crippen molar-refractivity contribution in [3.05, 3.63) is 29.8 Å². The van der Waals surface area contributed by atoms with Gasteiger partial charge in [-0.05, 0) is 12.1 Å². The van der Waals surface area contributed by atoms with Crippen molar-refractivity contribution >= 4 is 5.69 Å². The molecule has 1 heterocycles. The molecule has 1 saturated heterocycles. The maximum absolute atomic E-state index is 13.1. The van der Waals surface area contributed by atoms with E-state index in [1.165, 1.54) is 6.07 Å². The lowest BCUT2D eigenvalue weighted by Crippen LogP contribution is -2.60. The van der Waals surface area contributed by atoms with Crippen molar-refractivity contribution in [2.45, 2.75) is 30.6 Å². The van der Waals surface area contributed by atoms with Crippen LogP contribution in [0.1, 0.15) is 0 Å². The zero-order valence-electron chi connectivity index (χ0n) is 10.3. The summed E-state index contributed by atoms with van der Waals surface area (Å²) in [5, 5.41) is 40.5. The number of hydrogen-bond donors (Lipinski definition) is 5. The molecule has 1 aromatic rings. The topological polar surface area (TPSA) is 102 Å². The molecule has 6 nitrogen and oxygen atoms in total. The second kappa shape index (κ2) is 5.98. The van der Waals surface area contributed by atoms with E-state index in [9.17, 15) is 24.1 Å². The highest BCUT2D eigenvalue weighted by molar-refractivity contribution is 5.44. The third kappa shape index (κ3) is 2.89. The number of nitrogens with one attached hydrogen (secondary N) is 1. The third-order valence-corrected chi connectivity index (χ3v) is 3.12. The molecule has 0 unspecified atom stereocenters. The Morgan fingerprint density at radius 1 is 1.05 bits per heavy atom. The smallest absolute Gasteiger partial charge is 0.160 e. The number of anilines is 1. The van der Waals surface area contributed by atoms with Crippen LogP contribution in [0.2, 0.25) is 0 Å². The fraction of sp³-hybridized carbons (Fsp3) is 0.500. The standard InChI is InChI=1S/C12H15F2NO5/c13-6-2-1-5(3-7(6)14)15-12-11(19)10(18)9(17)8(4-16)20-12/h1-3,8-12,15-19H,4H2/t8-,9+,10+,11-,12-/m1/s1. The normalized spacial score (nSPS) is 34.0. The number of aliphatic hydroxyl groups excluding tert-OH is 4. The van der Waals surface area contributed by atoms with Gasteiger partial charge in [0.25, 0.3) is 0 Å². The van der Waals surface area contributed by atoms with Crippen LogP contribution in [-0.2, 0) is 4.74 Å². The van der Waals surface area contributed by atoms with Crippen molar-refractivity contribution in [2.24, 2.45) is 0 Å². The van der Waals surface area contributed by atoms with Crippen molar-refractivity contribution in [2.75, 3.05) is 11.9 Å². The van der Waals surface area contributed by atoms with Gasteiger partial charge in [0.05, 0.1) is 6.61 Å². The van der Waals surface area contributed by atoms with Crippen LogP contribution in [0.3, 0.4) is 0 Å². The van der Waals surface area contributed by atoms with Gasteiger partial charge in [-0.1, -0.05) is 0 Å². The zero-order chi connectivity index (χ0) is 14.9. The summed E-state index contributed by atoms with van der Waals surface area (Å²) in [7, 11) is 0. The van der Waals surface area contributed by atoms with E-state index in [4.69, 9.17) is 9.84 Å². The van der Waals surface area contributed by atoms with E-state index >= 15 is 0 Å². The van der Waals surface area contributed by atoms with Gasteiger partial charge in [-0.2, -0.15) is 0 Å². The Bertz CT molecular complexity index is 473. The van der Waals surface area contributed by atoms with Crippen LogP contribution in [0.5, 0.6) is 0 Å². The summed E-state index contributed by atoms with van der Waals surface area (Å²) in [5.74, 6) is -2.11. The second-order valence-electron chi connectivity index (χ2n) is 4.52. The summed E-state index contributed by atoms with van der Waals surface area (Å²) in [6.07, 6.45) is -6.77. The fourth-order valence-electron chi connectivity index (χ4n) is 1.97. The maximum atomic E-state index is 13.1. The molecule has 1 aliphatic rings. The predicted octanol–water partition coefficient (Wildman–Crippen LogP) is -0.823. The second-order valence-corrected chi connectivity index (χ2v) is 4.52. The maximum Gasteiger partial charge on any atom is 0.160 e. The third-order valence-electron chi connectivity index (χ3n) is 3.12. The van der Waals surface area contributed by atoms with Gasteiger partial charge in [-0.3, -0.25) is 0 Å². The summed E-state index contributed by atoms with van der Waals surface area (Å²) in [6.45, 7) is -0.569. The zero-order valence-corrected chi connectivity index (χ0v) is 10.3. The van der Waals surface area contributed by atoms with Crippen molar-refractivity contribution in [3.63, 3.8) is 0 Å². The highest BCUT2D eigenvalue weighted by Gasteiger charge is 2.43. The number of hydrogen-bond acceptors (Lipinski definition) is 6. The monoisotopic (exact) mass is 291 g/mol. The van der Waals surface area contributed by atoms with Crippen LogP contribution in [0.25, 0.3) is 0 Å². The Morgan fingerprint density at radius 3 is 2.35 bits per heavy atom. The number of rotatable bonds is 3. The van der Waals surface area contributed by atoms with Gasteiger partial charge >= 0.3 is 0 Å². The first kappa shape index (κ1) is 15.1. The van der Waals surface area contributed by atoms with Gasteiger partial charge < -0.3 is 30.5 Å². The molecule has 0 aliphatic carbocycles. The van der Waals surface area contributed by atoms with Crippen LogP contribution in [0.4, 0.5) is 14.5 Å². The number of halogens is 2. The Hall–Kier alpha value is -1.32. The first-order chi connectivity index (χ1) is 9.43. The molecule has 0 spiro atoms. The van der Waals surface area contributed by atoms with E-state index in [-0.39, 0.29) is 5.69 Å². The van der Waals surface area contributed by atoms with E-state index in [1.54, 1.807) is 0 Å². The van der Waals surface area contributed by atoms with Crippen LogP contribution < -0.4 is 5.32 Å². The van der Waals surface area contributed by atoms with Gasteiger partial charge in [-0.25, -0.2) is 8.78 Å². The molecule has 112 valence electrons. The Labute approximate surface area is 113 Å². The molecule has 0 saturated carbocycles. The summed E-state index contributed by atoms with van der Waals surface area (Å²) >= 11 is 0. The van der Waals surface area contributed by atoms with Crippen molar-refractivity contribution in [1.29, 1.82) is 0 Å². The van der Waals surface area contributed by atoms with Gasteiger partial charge in [0.15, 0.2) is 17.9 Å². The van der Waals surface area contributed by atoms with E-state index in [2.05, 4.69) is 5.32 Å². The average molecular weight is 291 g/mol. The molecular formula is C12H15F2NO5. The van der Waals surface area contributed by atoms with Crippen LogP contribution in [-0.4, -0.2) is 57.7 Å². The molecule has 8 heteroatoms. The van der Waals surface area contributed by atoms with Gasteiger partial charge in [0.1, 0.15) is 24.4 Å². The Kier molecular flexibility index (Phi) is 4.51. The van der Waals surface area contributed by atoms with Crippen LogP contribution in [0.15, 0.2) is 18.2 Å². The van der Waals surface area contributed by atoms with Crippen LogP contribution >= 0.6 is 0 Å². The largest absolute Gasteiger partial charge is 0.394 e. The highest BCUT2D eigenvalue weighted by Crippen LogP contribution is 2.23. The Morgan fingerprint density at radius 2 is 1.75 bits per heavy atom. The molecule has 0 amide bonds. The minimum absolute atomic E-state index is 0.119. The summed E-state index contributed by atoms with van der Waals surface area (Å²) in [6, 6.07) is 2.97. The minimum atomic E-state index is -1.54. The molecule has 1 aliphatic heterocycles. The molecule has 5 N–H and O–H groups in total. The lowest BCUT2D eigenvalue weighted by Gasteiger charge is -2.40. The highest BCUT2D eigenvalue weighted by atomic mass is 19.2. The number of aliphatic hydroxyl groups is 4. The van der Waals surface area contributed by atoms with E-state index in [0.29, 0.717) is 0 Å². The number of benzene rings is 1. The van der Waals surface area contributed by atoms with Gasteiger partial charge in [-0.15, -0.1) is 0 Å². The average Bonchev–Trinajstić information content (AvgIpc) is 2.43. The Balaban J connectivity index is 2.13. The molecule has 2 rings (SSSR count). The molecule has 5 atom stereocenters. The lowest BCUT2D eigenvalue weighted by atomic mass is 9.98. The molecule has 0 aromatic heterocycles. The number of ether oxygens (including phenoxy) is 1. The molecule has 20 heavy (non-hydrogen) atoms. The van der Waals surface area contributed by atoms with E-state index in [1.807, 2.05) is 0 Å². The molecule has 1 aromatic carbocycles. The summed E-state index contributed by atoms with van der Waals surface area (Å²) in [4.78, 5) is 0. The van der Waals surface area contributed by atoms with Gasteiger partial charge in [0, 0.05) is 11.8 Å². The summed E-state index contributed by atoms with van der Waals surface area (Å²) < 4.78 is 31.0. The van der Waals surface area contributed by atoms with Crippen molar-refractivity contribution < 1.29 is 33.9 Å². The predicted molar refractivity (Wildman–Crippen MR) is 63.7 cm³/mol. The minimum Gasteiger partial charge on any atom is -0.394 e. The fourth-order valence-corrected chi connectivity index (χ4v) is 1.97. The first-order valence-corrected chi connectivity index (χ1v) is 5.96.